The third kappa shape index (κ3) is 4.74. The zero-order valence-corrected chi connectivity index (χ0v) is 20.3. The van der Waals surface area contributed by atoms with Crippen LogP contribution in [0.25, 0.3) is 21.8 Å². The normalized spacial score (nSPS) is 11.5. The number of nitrogens with zero attached hydrogens (tertiary/aromatic N) is 3. The molecule has 0 unspecified atom stereocenters. The highest BCUT2D eigenvalue weighted by atomic mass is 79.9. The lowest BCUT2D eigenvalue weighted by Gasteiger charge is -2.05. The topological polar surface area (TPSA) is 94.4 Å². The maximum Gasteiger partial charge on any atom is 0.273 e. The van der Waals surface area contributed by atoms with Gasteiger partial charge < -0.3 is 14.9 Å². The number of halogens is 1. The number of primary amides is 1. The predicted molar refractivity (Wildman–Crippen MR) is 141 cm³/mol. The molecule has 0 radical (unpaired) electrons. The lowest BCUT2D eigenvalue weighted by Crippen LogP contribution is -2.18. The van der Waals surface area contributed by atoms with Gasteiger partial charge in [-0.2, -0.15) is 5.10 Å². The van der Waals surface area contributed by atoms with Crippen LogP contribution in [0, 0.1) is 0 Å². The maximum absolute atomic E-state index is 13.1. The summed E-state index contributed by atoms with van der Waals surface area (Å²) < 4.78 is 4.86. The number of amides is 2. The van der Waals surface area contributed by atoms with Gasteiger partial charge in [0, 0.05) is 50.8 Å². The third-order valence-electron chi connectivity index (χ3n) is 5.81. The molecule has 0 bridgehead atoms. The summed E-state index contributed by atoms with van der Waals surface area (Å²) in [6, 6.07) is 23.6. The number of hydrogen-bond acceptors (Lipinski definition) is 3. The van der Waals surface area contributed by atoms with Gasteiger partial charge in [-0.05, 0) is 29.8 Å². The predicted octanol–water partition coefficient (Wildman–Crippen LogP) is 4.66. The van der Waals surface area contributed by atoms with Crippen molar-refractivity contribution >= 4 is 55.8 Å². The summed E-state index contributed by atoms with van der Waals surface area (Å²) in [4.78, 5) is 24.5. The van der Waals surface area contributed by atoms with Crippen molar-refractivity contribution in [3.8, 4) is 0 Å². The Bertz CT molecular complexity index is 1580. The molecule has 7 nitrogen and oxygen atoms in total. The summed E-state index contributed by atoms with van der Waals surface area (Å²) in [6.45, 7) is 0.711. The van der Waals surface area contributed by atoms with E-state index in [4.69, 9.17) is 5.73 Å². The number of benzene rings is 3. The van der Waals surface area contributed by atoms with Gasteiger partial charge >= 0.3 is 0 Å². The molecule has 0 spiro atoms. The van der Waals surface area contributed by atoms with Crippen molar-refractivity contribution in [1.82, 2.24) is 14.6 Å². The number of carbonyl (C=O) groups is 2. The molecular formula is C27H22BrN5O2. The van der Waals surface area contributed by atoms with Crippen LogP contribution in [0.1, 0.15) is 21.5 Å². The Morgan fingerprint density at radius 1 is 0.886 bits per heavy atom. The van der Waals surface area contributed by atoms with Crippen LogP contribution >= 0.6 is 15.9 Å². The molecule has 0 saturated heterocycles. The van der Waals surface area contributed by atoms with Gasteiger partial charge in [0.2, 0.25) is 5.91 Å². The first-order valence-electron chi connectivity index (χ1n) is 11.0. The first kappa shape index (κ1) is 22.6. The number of fused-ring (bicyclic) bond motifs is 2. The van der Waals surface area contributed by atoms with Gasteiger partial charge in [0.05, 0.1) is 11.8 Å². The van der Waals surface area contributed by atoms with E-state index in [1.165, 1.54) is 0 Å². The van der Waals surface area contributed by atoms with E-state index in [9.17, 15) is 9.59 Å². The Balaban J connectivity index is 1.40. The molecule has 3 N–H and O–H groups in total. The number of carbonyl (C=O) groups excluding carboxylic acids is 2. The highest BCUT2D eigenvalue weighted by molar-refractivity contribution is 9.10. The Morgan fingerprint density at radius 2 is 1.54 bits per heavy atom. The maximum atomic E-state index is 13.1. The minimum Gasteiger partial charge on any atom is -0.368 e. The fourth-order valence-electron chi connectivity index (χ4n) is 4.24. The van der Waals surface area contributed by atoms with Crippen molar-refractivity contribution in [3.05, 3.63) is 106 Å². The van der Waals surface area contributed by atoms with Crippen molar-refractivity contribution in [3.63, 3.8) is 0 Å². The number of nitrogens with one attached hydrogen (secondary N) is 1. The van der Waals surface area contributed by atoms with E-state index in [0.717, 1.165) is 37.4 Å². The zero-order chi connectivity index (χ0) is 24.4. The second-order valence-electron chi connectivity index (χ2n) is 8.21. The standard InChI is InChI=1S/C27H22BrN5O2/c28-20-11-9-18(10-12-20)14-32-16-23(22-6-2-4-8-25(22)32)27(35)31-30-13-19-15-33(17-26(29)34)24-7-3-1-5-21(19)24/h1-13,15-16H,14,17H2,(H2,29,34)(H,31,35). The molecule has 3 aromatic carbocycles. The first-order chi connectivity index (χ1) is 17.0. The van der Waals surface area contributed by atoms with Gasteiger partial charge in [0.25, 0.3) is 5.91 Å². The summed E-state index contributed by atoms with van der Waals surface area (Å²) in [7, 11) is 0. The highest BCUT2D eigenvalue weighted by Gasteiger charge is 2.15. The molecule has 174 valence electrons. The molecule has 0 aliphatic heterocycles. The number of rotatable bonds is 7. The van der Waals surface area contributed by atoms with Crippen LogP contribution in [0.15, 0.2) is 94.8 Å². The van der Waals surface area contributed by atoms with Gasteiger partial charge in [-0.15, -0.1) is 0 Å². The Labute approximate surface area is 210 Å². The zero-order valence-electron chi connectivity index (χ0n) is 18.7. The summed E-state index contributed by atoms with van der Waals surface area (Å²) >= 11 is 3.46. The van der Waals surface area contributed by atoms with Crippen molar-refractivity contribution in [2.24, 2.45) is 10.8 Å². The molecule has 0 aliphatic rings. The van der Waals surface area contributed by atoms with E-state index in [1.54, 1.807) is 17.0 Å². The molecule has 2 heterocycles. The van der Waals surface area contributed by atoms with Crippen LogP contribution < -0.4 is 11.2 Å². The van der Waals surface area contributed by atoms with E-state index in [-0.39, 0.29) is 12.5 Å². The van der Waals surface area contributed by atoms with Crippen molar-refractivity contribution in [1.29, 1.82) is 0 Å². The summed E-state index contributed by atoms with van der Waals surface area (Å²) in [5.74, 6) is -0.727. The molecule has 2 aromatic heterocycles. The van der Waals surface area contributed by atoms with E-state index in [1.807, 2.05) is 66.9 Å². The molecule has 35 heavy (non-hydrogen) atoms. The van der Waals surface area contributed by atoms with Gasteiger partial charge in [0.15, 0.2) is 0 Å². The Morgan fingerprint density at radius 3 is 2.26 bits per heavy atom. The summed E-state index contributed by atoms with van der Waals surface area (Å²) in [6.07, 6.45) is 5.24. The van der Waals surface area contributed by atoms with Crippen LogP contribution in [0.2, 0.25) is 0 Å². The Hall–Kier alpha value is -4.17. The second kappa shape index (κ2) is 9.60. The number of hydrazone groups is 1. The molecule has 5 rings (SSSR count). The first-order valence-corrected chi connectivity index (χ1v) is 11.8. The third-order valence-corrected chi connectivity index (χ3v) is 6.34. The van der Waals surface area contributed by atoms with Crippen LogP contribution in [0.5, 0.6) is 0 Å². The SMILES string of the molecule is NC(=O)Cn1cc(C=NNC(=O)c2cn(Cc3ccc(Br)cc3)c3ccccc23)c2ccccc21. The number of hydrogen-bond donors (Lipinski definition) is 2. The lowest BCUT2D eigenvalue weighted by atomic mass is 10.1. The molecule has 5 aromatic rings. The van der Waals surface area contributed by atoms with E-state index >= 15 is 0 Å². The molecule has 2 amide bonds. The van der Waals surface area contributed by atoms with Crippen LogP contribution in [0.3, 0.4) is 0 Å². The van der Waals surface area contributed by atoms with Crippen molar-refractivity contribution < 1.29 is 9.59 Å². The van der Waals surface area contributed by atoms with E-state index in [2.05, 4.69) is 43.2 Å². The minimum absolute atomic E-state index is 0.0680. The fourth-order valence-corrected chi connectivity index (χ4v) is 4.51. The van der Waals surface area contributed by atoms with E-state index in [0.29, 0.717) is 12.1 Å². The Kier molecular flexibility index (Phi) is 6.20. The fraction of sp³-hybridized carbons (Fsp3) is 0.0741. The highest BCUT2D eigenvalue weighted by Crippen LogP contribution is 2.23. The lowest BCUT2D eigenvalue weighted by molar-refractivity contribution is -0.118. The van der Waals surface area contributed by atoms with E-state index < -0.39 is 5.91 Å². The molecule has 0 fully saturated rings. The monoisotopic (exact) mass is 527 g/mol. The van der Waals surface area contributed by atoms with Crippen LogP contribution in [-0.2, 0) is 17.9 Å². The average Bonchev–Trinajstić information content (AvgIpc) is 3.39. The van der Waals surface area contributed by atoms with Gasteiger partial charge in [-0.1, -0.05) is 64.5 Å². The average molecular weight is 528 g/mol. The molecule has 8 heteroatoms. The number of nitrogens with two attached hydrogens (primary N) is 1. The second-order valence-corrected chi connectivity index (χ2v) is 9.12. The smallest absolute Gasteiger partial charge is 0.273 e. The van der Waals surface area contributed by atoms with Crippen molar-refractivity contribution in [2.45, 2.75) is 13.1 Å². The van der Waals surface area contributed by atoms with Crippen LogP contribution in [-0.4, -0.2) is 27.2 Å². The molecule has 0 atom stereocenters. The molecule has 0 aliphatic carbocycles. The minimum atomic E-state index is -0.429. The number of aromatic nitrogens is 2. The summed E-state index contributed by atoms with van der Waals surface area (Å²) in [5, 5.41) is 5.97. The van der Waals surface area contributed by atoms with Gasteiger partial charge in [-0.3, -0.25) is 9.59 Å². The summed E-state index contributed by atoms with van der Waals surface area (Å²) in [5.41, 5.74) is 12.3. The largest absolute Gasteiger partial charge is 0.368 e. The molecule has 0 saturated carbocycles. The quantitative estimate of drug-likeness (QED) is 0.238. The van der Waals surface area contributed by atoms with Gasteiger partial charge in [0.1, 0.15) is 6.54 Å². The van der Waals surface area contributed by atoms with Crippen molar-refractivity contribution in [2.75, 3.05) is 0 Å². The molecular weight excluding hydrogens is 506 g/mol. The number of para-hydroxylation sites is 2. The van der Waals surface area contributed by atoms with Gasteiger partial charge in [-0.25, -0.2) is 5.43 Å². The van der Waals surface area contributed by atoms with Crippen LogP contribution in [0.4, 0.5) is 0 Å².